The first kappa shape index (κ1) is 17.5. The average molecular weight is 322 g/mol. The van der Waals surface area contributed by atoms with E-state index in [1.54, 1.807) is 19.5 Å². The lowest BCUT2D eigenvalue weighted by Gasteiger charge is -2.32. The van der Waals surface area contributed by atoms with Gasteiger partial charge in [-0.15, -0.1) is 0 Å². The van der Waals surface area contributed by atoms with Crippen molar-refractivity contribution >= 4 is 5.91 Å². The first-order valence-electron chi connectivity index (χ1n) is 7.92. The largest absolute Gasteiger partial charge is 0.494 e. The molecule has 23 heavy (non-hydrogen) atoms. The first-order chi connectivity index (χ1) is 10.9. The molecule has 0 saturated carbocycles. The van der Waals surface area contributed by atoms with Crippen LogP contribution in [0, 0.1) is 0 Å². The van der Waals surface area contributed by atoms with Crippen LogP contribution in [0.1, 0.15) is 33.6 Å². The van der Waals surface area contributed by atoms with E-state index in [9.17, 15) is 4.79 Å². The summed E-state index contributed by atoms with van der Waals surface area (Å²) in [5.41, 5.74) is -0.209. The number of aromatic nitrogens is 2. The number of piperidine rings is 1. The Hall–Kier alpha value is -1.89. The van der Waals surface area contributed by atoms with E-state index in [0.717, 1.165) is 19.4 Å². The SMILES string of the molecule is COc1cnc(OC2CCCN(CC(=O)NC(C)(C)C)C2)nc1. The van der Waals surface area contributed by atoms with E-state index in [1.807, 2.05) is 20.8 Å². The van der Waals surface area contributed by atoms with Crippen LogP contribution in [0.4, 0.5) is 0 Å². The second-order valence-electron chi connectivity index (χ2n) is 6.82. The van der Waals surface area contributed by atoms with E-state index in [4.69, 9.17) is 9.47 Å². The third-order valence-electron chi connectivity index (χ3n) is 3.46. The van der Waals surface area contributed by atoms with E-state index in [0.29, 0.717) is 24.8 Å². The molecule has 1 fully saturated rings. The number of likely N-dealkylation sites (tertiary alicyclic amines) is 1. The van der Waals surface area contributed by atoms with Crippen LogP contribution >= 0.6 is 0 Å². The number of nitrogens with one attached hydrogen (secondary N) is 1. The number of carbonyl (C=O) groups excluding carboxylic acids is 1. The highest BCUT2D eigenvalue weighted by Gasteiger charge is 2.24. The lowest BCUT2D eigenvalue weighted by atomic mass is 10.1. The summed E-state index contributed by atoms with van der Waals surface area (Å²) in [5, 5.41) is 2.98. The summed E-state index contributed by atoms with van der Waals surface area (Å²) in [7, 11) is 1.57. The third-order valence-corrected chi connectivity index (χ3v) is 3.46. The molecule has 0 aliphatic carbocycles. The average Bonchev–Trinajstić information content (AvgIpc) is 2.46. The second kappa shape index (κ2) is 7.59. The normalized spacial score (nSPS) is 19.2. The molecule has 0 spiro atoms. The summed E-state index contributed by atoms with van der Waals surface area (Å²) >= 11 is 0. The van der Waals surface area contributed by atoms with E-state index in [2.05, 4.69) is 20.2 Å². The van der Waals surface area contributed by atoms with Crippen molar-refractivity contribution in [3.8, 4) is 11.8 Å². The van der Waals surface area contributed by atoms with Crippen LogP contribution in [0.5, 0.6) is 11.8 Å². The van der Waals surface area contributed by atoms with Gasteiger partial charge in [-0.05, 0) is 40.2 Å². The number of amides is 1. The molecule has 7 nitrogen and oxygen atoms in total. The minimum absolute atomic E-state index is 0.000387. The quantitative estimate of drug-likeness (QED) is 0.879. The van der Waals surface area contributed by atoms with Crippen molar-refractivity contribution in [2.75, 3.05) is 26.7 Å². The van der Waals surface area contributed by atoms with Crippen molar-refractivity contribution in [1.82, 2.24) is 20.2 Å². The van der Waals surface area contributed by atoms with E-state index in [1.165, 1.54) is 0 Å². The molecule has 1 aromatic heterocycles. The number of rotatable bonds is 5. The maximum absolute atomic E-state index is 12.0. The topological polar surface area (TPSA) is 76.6 Å². The maximum atomic E-state index is 12.0. The molecule has 1 aromatic rings. The lowest BCUT2D eigenvalue weighted by Crippen LogP contribution is -2.49. The Morgan fingerprint density at radius 2 is 2.09 bits per heavy atom. The van der Waals surface area contributed by atoms with Gasteiger partial charge >= 0.3 is 6.01 Å². The molecule has 1 N–H and O–H groups in total. The molecule has 7 heteroatoms. The van der Waals surface area contributed by atoms with Gasteiger partial charge in [0.25, 0.3) is 0 Å². The van der Waals surface area contributed by atoms with Gasteiger partial charge < -0.3 is 14.8 Å². The van der Waals surface area contributed by atoms with Gasteiger partial charge in [-0.2, -0.15) is 9.97 Å². The van der Waals surface area contributed by atoms with Crippen molar-refractivity contribution in [3.63, 3.8) is 0 Å². The second-order valence-corrected chi connectivity index (χ2v) is 6.82. The Morgan fingerprint density at radius 1 is 1.39 bits per heavy atom. The molecule has 2 heterocycles. The highest BCUT2D eigenvalue weighted by Crippen LogP contribution is 2.16. The Morgan fingerprint density at radius 3 is 2.70 bits per heavy atom. The van der Waals surface area contributed by atoms with Crippen LogP contribution in [-0.4, -0.2) is 59.2 Å². The smallest absolute Gasteiger partial charge is 0.316 e. The molecule has 1 amide bonds. The van der Waals surface area contributed by atoms with Crippen LogP contribution in [0.2, 0.25) is 0 Å². The fourth-order valence-corrected chi connectivity index (χ4v) is 2.53. The molecule has 1 aliphatic heterocycles. The third kappa shape index (κ3) is 6.02. The Balaban J connectivity index is 1.84. The summed E-state index contributed by atoms with van der Waals surface area (Å²) in [6.07, 6.45) is 5.09. The maximum Gasteiger partial charge on any atom is 0.316 e. The number of hydrogen-bond acceptors (Lipinski definition) is 6. The monoisotopic (exact) mass is 322 g/mol. The summed E-state index contributed by atoms with van der Waals surface area (Å²) in [4.78, 5) is 22.4. The molecule has 1 saturated heterocycles. The zero-order chi connectivity index (χ0) is 16.9. The molecule has 0 bridgehead atoms. The fourth-order valence-electron chi connectivity index (χ4n) is 2.53. The molecule has 1 atom stereocenters. The number of hydrogen-bond donors (Lipinski definition) is 1. The van der Waals surface area contributed by atoms with Crippen LogP contribution in [0.25, 0.3) is 0 Å². The van der Waals surface area contributed by atoms with Crippen LogP contribution < -0.4 is 14.8 Å². The molecule has 1 aliphatic rings. The van der Waals surface area contributed by atoms with Crippen molar-refractivity contribution in [2.45, 2.75) is 45.3 Å². The van der Waals surface area contributed by atoms with Crippen molar-refractivity contribution < 1.29 is 14.3 Å². The van der Waals surface area contributed by atoms with Gasteiger partial charge in [0.2, 0.25) is 5.91 Å². The van der Waals surface area contributed by atoms with Crippen molar-refractivity contribution in [1.29, 1.82) is 0 Å². The summed E-state index contributed by atoms with van der Waals surface area (Å²) in [6, 6.07) is 0.344. The standard InChI is InChI=1S/C16H26N4O3/c1-16(2,3)19-14(21)11-20-7-5-6-12(10-20)23-15-17-8-13(22-4)9-18-15/h8-9,12H,5-7,10-11H2,1-4H3,(H,19,21). The van der Waals surface area contributed by atoms with Gasteiger partial charge in [-0.1, -0.05) is 0 Å². The highest BCUT2D eigenvalue weighted by molar-refractivity contribution is 5.78. The molecular formula is C16H26N4O3. The van der Waals surface area contributed by atoms with E-state index in [-0.39, 0.29) is 17.6 Å². The summed E-state index contributed by atoms with van der Waals surface area (Å²) < 4.78 is 10.8. The molecule has 1 unspecified atom stereocenters. The number of methoxy groups -OCH3 is 1. The van der Waals surface area contributed by atoms with Crippen LogP contribution in [0.3, 0.4) is 0 Å². The van der Waals surface area contributed by atoms with E-state index >= 15 is 0 Å². The van der Waals surface area contributed by atoms with Gasteiger partial charge in [0.1, 0.15) is 6.10 Å². The van der Waals surface area contributed by atoms with Crippen molar-refractivity contribution in [3.05, 3.63) is 12.4 Å². The number of nitrogens with zero attached hydrogens (tertiary/aromatic N) is 3. The summed E-state index contributed by atoms with van der Waals surface area (Å²) in [6.45, 7) is 7.94. The van der Waals surface area contributed by atoms with Gasteiger partial charge in [-0.25, -0.2) is 0 Å². The predicted molar refractivity (Wildman–Crippen MR) is 86.6 cm³/mol. The van der Waals surface area contributed by atoms with Gasteiger partial charge in [0, 0.05) is 12.1 Å². The Labute approximate surface area is 137 Å². The number of carbonyl (C=O) groups is 1. The minimum atomic E-state index is -0.209. The molecule has 128 valence electrons. The van der Waals surface area contributed by atoms with Gasteiger partial charge in [-0.3, -0.25) is 9.69 Å². The first-order valence-corrected chi connectivity index (χ1v) is 7.92. The zero-order valence-corrected chi connectivity index (χ0v) is 14.3. The van der Waals surface area contributed by atoms with Crippen molar-refractivity contribution in [2.24, 2.45) is 0 Å². The number of ether oxygens (including phenoxy) is 2. The van der Waals surface area contributed by atoms with E-state index < -0.39 is 0 Å². The van der Waals surface area contributed by atoms with Crippen LogP contribution in [0.15, 0.2) is 12.4 Å². The molecule has 0 aromatic carbocycles. The zero-order valence-electron chi connectivity index (χ0n) is 14.3. The van der Waals surface area contributed by atoms with Gasteiger partial charge in [0.15, 0.2) is 5.75 Å². The Bertz CT molecular complexity index is 513. The molecule has 0 radical (unpaired) electrons. The van der Waals surface area contributed by atoms with Gasteiger partial charge in [0.05, 0.1) is 26.0 Å². The molecule has 2 rings (SSSR count). The minimum Gasteiger partial charge on any atom is -0.494 e. The molecular weight excluding hydrogens is 296 g/mol. The Kier molecular flexibility index (Phi) is 5.76. The lowest BCUT2D eigenvalue weighted by molar-refractivity contribution is -0.124. The fraction of sp³-hybridized carbons (Fsp3) is 0.688. The summed E-state index contributed by atoms with van der Waals surface area (Å²) in [5.74, 6) is 0.639. The predicted octanol–water partition coefficient (Wildman–Crippen LogP) is 1.24. The van der Waals surface area contributed by atoms with Crippen LogP contribution in [-0.2, 0) is 4.79 Å². The highest BCUT2D eigenvalue weighted by atomic mass is 16.5.